The van der Waals surface area contributed by atoms with E-state index in [4.69, 9.17) is 15.2 Å². The Balaban J connectivity index is 1.99. The number of benzene rings is 1. The Morgan fingerprint density at radius 2 is 2.11 bits per heavy atom. The van der Waals surface area contributed by atoms with Crippen molar-refractivity contribution < 1.29 is 9.47 Å². The summed E-state index contributed by atoms with van der Waals surface area (Å²) in [5.74, 6) is 0.956. The normalized spacial score (nSPS) is 26.8. The SMILES string of the molecule is CCCOC1C(N)CC1Oc1cccc(C)c1C. The van der Waals surface area contributed by atoms with Crippen LogP contribution in [0.3, 0.4) is 0 Å². The molecule has 1 aromatic rings. The standard InChI is InChI=1S/C15H23NO2/c1-4-8-17-15-12(16)9-14(15)18-13-7-5-6-10(2)11(13)3/h5-7,12,14-15H,4,8-9,16H2,1-3H3. The van der Waals surface area contributed by atoms with E-state index >= 15 is 0 Å². The zero-order valence-corrected chi connectivity index (χ0v) is 11.5. The molecule has 1 aliphatic rings. The molecule has 0 amide bonds. The van der Waals surface area contributed by atoms with Gasteiger partial charge in [-0.15, -0.1) is 0 Å². The lowest BCUT2D eigenvalue weighted by molar-refractivity contribution is -0.0981. The van der Waals surface area contributed by atoms with Gasteiger partial charge in [-0.25, -0.2) is 0 Å². The van der Waals surface area contributed by atoms with Gasteiger partial charge in [-0.05, 0) is 37.5 Å². The van der Waals surface area contributed by atoms with Crippen molar-refractivity contribution >= 4 is 0 Å². The third-order valence-corrected chi connectivity index (χ3v) is 3.64. The van der Waals surface area contributed by atoms with Gasteiger partial charge in [0.15, 0.2) is 0 Å². The van der Waals surface area contributed by atoms with E-state index in [1.54, 1.807) is 0 Å². The van der Waals surface area contributed by atoms with Crippen molar-refractivity contribution in [1.82, 2.24) is 0 Å². The first kappa shape index (κ1) is 13.4. The molecule has 0 spiro atoms. The van der Waals surface area contributed by atoms with Crippen LogP contribution < -0.4 is 10.5 Å². The fraction of sp³-hybridized carbons (Fsp3) is 0.600. The molecule has 18 heavy (non-hydrogen) atoms. The Morgan fingerprint density at radius 1 is 1.33 bits per heavy atom. The van der Waals surface area contributed by atoms with Crippen LogP contribution in [0.1, 0.15) is 30.9 Å². The van der Waals surface area contributed by atoms with Crippen molar-refractivity contribution in [3.63, 3.8) is 0 Å². The molecule has 100 valence electrons. The molecule has 2 N–H and O–H groups in total. The molecule has 0 bridgehead atoms. The molecule has 0 heterocycles. The third kappa shape index (κ3) is 2.68. The Labute approximate surface area is 109 Å². The predicted molar refractivity (Wildman–Crippen MR) is 73.0 cm³/mol. The first-order chi connectivity index (χ1) is 8.63. The van der Waals surface area contributed by atoms with Gasteiger partial charge in [0.25, 0.3) is 0 Å². The molecule has 0 aromatic heterocycles. The molecule has 2 rings (SSSR count). The van der Waals surface area contributed by atoms with Gasteiger partial charge in [0, 0.05) is 19.1 Å². The number of hydrogen-bond donors (Lipinski definition) is 1. The van der Waals surface area contributed by atoms with Crippen molar-refractivity contribution in [1.29, 1.82) is 0 Å². The van der Waals surface area contributed by atoms with Crippen LogP contribution in [0, 0.1) is 13.8 Å². The summed E-state index contributed by atoms with van der Waals surface area (Å²) in [6.45, 7) is 7.04. The van der Waals surface area contributed by atoms with Gasteiger partial charge in [-0.2, -0.15) is 0 Å². The fourth-order valence-corrected chi connectivity index (χ4v) is 2.23. The average Bonchev–Trinajstić information content (AvgIpc) is 2.34. The molecule has 1 fully saturated rings. The van der Waals surface area contributed by atoms with E-state index in [1.807, 2.05) is 12.1 Å². The molecule has 0 radical (unpaired) electrons. The summed E-state index contributed by atoms with van der Waals surface area (Å²) in [5, 5.41) is 0. The number of rotatable bonds is 5. The van der Waals surface area contributed by atoms with E-state index in [9.17, 15) is 0 Å². The van der Waals surface area contributed by atoms with Crippen LogP contribution in [0.2, 0.25) is 0 Å². The fourth-order valence-electron chi connectivity index (χ4n) is 2.23. The number of hydrogen-bond acceptors (Lipinski definition) is 3. The number of aryl methyl sites for hydroxylation is 1. The van der Waals surface area contributed by atoms with E-state index in [-0.39, 0.29) is 18.2 Å². The molecule has 3 atom stereocenters. The average molecular weight is 249 g/mol. The third-order valence-electron chi connectivity index (χ3n) is 3.64. The smallest absolute Gasteiger partial charge is 0.128 e. The van der Waals surface area contributed by atoms with Crippen LogP contribution in [0.4, 0.5) is 0 Å². The largest absolute Gasteiger partial charge is 0.487 e. The minimum Gasteiger partial charge on any atom is -0.487 e. The molecule has 1 aromatic carbocycles. The van der Waals surface area contributed by atoms with Gasteiger partial charge in [-0.3, -0.25) is 0 Å². The van der Waals surface area contributed by atoms with E-state index in [0.717, 1.165) is 25.2 Å². The molecule has 3 heteroatoms. The molecule has 1 saturated carbocycles. The van der Waals surface area contributed by atoms with Crippen molar-refractivity contribution in [2.45, 2.75) is 51.9 Å². The monoisotopic (exact) mass is 249 g/mol. The zero-order valence-electron chi connectivity index (χ0n) is 11.5. The second-order valence-corrected chi connectivity index (χ2v) is 5.09. The molecule has 3 nitrogen and oxygen atoms in total. The van der Waals surface area contributed by atoms with Crippen LogP contribution >= 0.6 is 0 Å². The highest BCUT2D eigenvalue weighted by Crippen LogP contribution is 2.30. The molecular formula is C15H23NO2. The lowest BCUT2D eigenvalue weighted by atomic mass is 9.86. The van der Waals surface area contributed by atoms with Crippen LogP contribution in [-0.2, 0) is 4.74 Å². The molecular weight excluding hydrogens is 226 g/mol. The lowest BCUT2D eigenvalue weighted by Gasteiger charge is -2.42. The molecule has 3 unspecified atom stereocenters. The first-order valence-electron chi connectivity index (χ1n) is 6.73. The summed E-state index contributed by atoms with van der Waals surface area (Å²) in [6, 6.07) is 6.26. The maximum Gasteiger partial charge on any atom is 0.128 e. The Kier molecular flexibility index (Phi) is 4.25. The van der Waals surface area contributed by atoms with E-state index < -0.39 is 0 Å². The summed E-state index contributed by atoms with van der Waals surface area (Å²) in [6.07, 6.45) is 2.04. The molecule has 1 aliphatic carbocycles. The second kappa shape index (κ2) is 5.72. The van der Waals surface area contributed by atoms with E-state index in [2.05, 4.69) is 26.8 Å². The summed E-state index contributed by atoms with van der Waals surface area (Å²) >= 11 is 0. The summed E-state index contributed by atoms with van der Waals surface area (Å²) < 4.78 is 11.8. The first-order valence-corrected chi connectivity index (χ1v) is 6.73. The maximum absolute atomic E-state index is 6.04. The van der Waals surface area contributed by atoms with E-state index in [1.165, 1.54) is 11.1 Å². The van der Waals surface area contributed by atoms with Gasteiger partial charge >= 0.3 is 0 Å². The predicted octanol–water partition coefficient (Wildman–Crippen LogP) is 2.58. The van der Waals surface area contributed by atoms with Crippen molar-refractivity contribution in [3.05, 3.63) is 29.3 Å². The summed E-state index contributed by atoms with van der Waals surface area (Å²) in [4.78, 5) is 0. The quantitative estimate of drug-likeness (QED) is 0.872. The lowest BCUT2D eigenvalue weighted by Crippen LogP contribution is -2.59. The van der Waals surface area contributed by atoms with Gasteiger partial charge in [0.05, 0.1) is 0 Å². The number of ether oxygens (including phenoxy) is 2. The molecule has 0 aliphatic heterocycles. The summed E-state index contributed by atoms with van der Waals surface area (Å²) in [7, 11) is 0. The Hall–Kier alpha value is -1.06. The van der Waals surface area contributed by atoms with Crippen LogP contribution in [0.5, 0.6) is 5.75 Å². The van der Waals surface area contributed by atoms with Crippen molar-refractivity contribution in [2.75, 3.05) is 6.61 Å². The van der Waals surface area contributed by atoms with Gasteiger partial charge in [-0.1, -0.05) is 19.1 Å². The van der Waals surface area contributed by atoms with Gasteiger partial charge in [0.2, 0.25) is 0 Å². The van der Waals surface area contributed by atoms with Crippen molar-refractivity contribution in [2.24, 2.45) is 5.73 Å². The van der Waals surface area contributed by atoms with Gasteiger partial charge in [0.1, 0.15) is 18.0 Å². The number of nitrogens with two attached hydrogens (primary N) is 1. The van der Waals surface area contributed by atoms with E-state index in [0.29, 0.717) is 0 Å². The highest BCUT2D eigenvalue weighted by atomic mass is 16.5. The highest BCUT2D eigenvalue weighted by molar-refractivity contribution is 5.38. The zero-order chi connectivity index (χ0) is 13.1. The maximum atomic E-state index is 6.04. The topological polar surface area (TPSA) is 44.5 Å². The minimum absolute atomic E-state index is 0.0462. The Morgan fingerprint density at radius 3 is 2.78 bits per heavy atom. The summed E-state index contributed by atoms with van der Waals surface area (Å²) in [5.41, 5.74) is 8.42. The van der Waals surface area contributed by atoms with Crippen LogP contribution in [-0.4, -0.2) is 24.9 Å². The Bertz CT molecular complexity index is 405. The van der Waals surface area contributed by atoms with Gasteiger partial charge < -0.3 is 15.2 Å². The molecule has 0 saturated heterocycles. The highest BCUT2D eigenvalue weighted by Gasteiger charge is 2.41. The van der Waals surface area contributed by atoms with Crippen LogP contribution in [0.25, 0.3) is 0 Å². The van der Waals surface area contributed by atoms with Crippen molar-refractivity contribution in [3.8, 4) is 5.75 Å². The second-order valence-electron chi connectivity index (χ2n) is 5.09. The van der Waals surface area contributed by atoms with Crippen LogP contribution in [0.15, 0.2) is 18.2 Å². The minimum atomic E-state index is 0.0462.